The fourth-order valence-corrected chi connectivity index (χ4v) is 5.51. The predicted octanol–water partition coefficient (Wildman–Crippen LogP) is 10.0. The monoisotopic (exact) mass is 485 g/mol. The molecule has 0 spiro atoms. The zero-order chi connectivity index (χ0) is 25.3. The van der Waals surface area contributed by atoms with E-state index in [1.807, 2.05) is 0 Å². The van der Waals surface area contributed by atoms with E-state index in [1.165, 1.54) is 55.3 Å². The number of benzene rings is 6. The smallest absolute Gasteiger partial charge is 0.0390 e. The van der Waals surface area contributed by atoms with E-state index in [1.54, 1.807) is 0 Å². The van der Waals surface area contributed by atoms with E-state index in [2.05, 4.69) is 151 Å². The lowest BCUT2D eigenvalue weighted by atomic mass is 9.80. The zero-order valence-corrected chi connectivity index (χ0v) is 21.1. The molecule has 6 aromatic carbocycles. The van der Waals surface area contributed by atoms with Crippen molar-refractivity contribution >= 4 is 33.8 Å². The third-order valence-corrected chi connectivity index (χ3v) is 7.43. The Kier molecular flexibility index (Phi) is 5.60. The van der Waals surface area contributed by atoms with Gasteiger partial charge in [-0.1, -0.05) is 109 Å². The second-order valence-corrected chi connectivity index (χ2v) is 9.94. The Bertz CT molecular complexity index is 1780. The summed E-state index contributed by atoms with van der Waals surface area (Å²) >= 11 is 0. The first-order valence-electron chi connectivity index (χ1n) is 13.1. The highest BCUT2D eigenvalue weighted by Gasteiger charge is 2.21. The Morgan fingerprint density at radius 2 is 1.08 bits per heavy atom. The van der Waals surface area contributed by atoms with Crippen LogP contribution in [0.25, 0.3) is 44.7 Å². The van der Waals surface area contributed by atoms with Crippen LogP contribution in [-0.4, -0.2) is 0 Å². The van der Waals surface area contributed by atoms with Gasteiger partial charge in [0.05, 0.1) is 0 Å². The third kappa shape index (κ3) is 4.29. The van der Waals surface area contributed by atoms with Gasteiger partial charge in [-0.3, -0.25) is 0 Å². The Balaban J connectivity index is 1.27. The van der Waals surface area contributed by atoms with Gasteiger partial charge in [-0.05, 0) is 98.1 Å². The number of anilines is 2. The minimum Gasteiger partial charge on any atom is -0.356 e. The molecule has 0 amide bonds. The third-order valence-electron chi connectivity index (χ3n) is 7.43. The van der Waals surface area contributed by atoms with Crippen molar-refractivity contribution < 1.29 is 0 Å². The van der Waals surface area contributed by atoms with E-state index < -0.39 is 0 Å². The van der Waals surface area contributed by atoms with Gasteiger partial charge >= 0.3 is 0 Å². The van der Waals surface area contributed by atoms with Crippen LogP contribution >= 0.6 is 0 Å². The molecule has 0 aromatic heterocycles. The summed E-state index contributed by atoms with van der Waals surface area (Å²) in [7, 11) is 0. The summed E-state index contributed by atoms with van der Waals surface area (Å²) in [5, 5.41) is 6.19. The maximum atomic E-state index is 3.64. The molecule has 0 heterocycles. The summed E-state index contributed by atoms with van der Waals surface area (Å²) in [6.45, 7) is 0. The second-order valence-electron chi connectivity index (χ2n) is 9.94. The molecule has 0 atom stereocenters. The SMILES string of the molecule is C(=C1\Cc2ccc(Nc3ccc(-c4ccccc4)cc3)cc2-c2cc3ccccc3cc21)/c1ccccc1. The molecular weight excluding hydrogens is 458 g/mol. The van der Waals surface area contributed by atoms with Crippen LogP contribution in [0.1, 0.15) is 16.7 Å². The minimum absolute atomic E-state index is 0.918. The lowest BCUT2D eigenvalue weighted by molar-refractivity contribution is 1.26. The maximum Gasteiger partial charge on any atom is 0.0390 e. The van der Waals surface area contributed by atoms with Gasteiger partial charge in [-0.2, -0.15) is 0 Å². The van der Waals surface area contributed by atoms with Crippen molar-refractivity contribution in [3.63, 3.8) is 0 Å². The molecule has 1 heteroatoms. The molecule has 0 fully saturated rings. The molecule has 180 valence electrons. The van der Waals surface area contributed by atoms with Gasteiger partial charge < -0.3 is 5.32 Å². The molecule has 1 N–H and O–H groups in total. The number of nitrogens with one attached hydrogen (secondary N) is 1. The van der Waals surface area contributed by atoms with E-state index in [0.29, 0.717) is 0 Å². The first-order chi connectivity index (χ1) is 18.8. The standard InChI is InChI=1S/C37H27N/c1-3-9-26(10-4-1)21-32-22-31-17-20-34(38-33-18-15-28(16-19-33)27-11-5-2-6-12-27)25-36(31)37-24-30-14-8-7-13-29(30)23-35(32)37/h1-21,23-25,38H,22H2/b32-21-. The van der Waals surface area contributed by atoms with Crippen LogP contribution in [-0.2, 0) is 6.42 Å². The Morgan fingerprint density at radius 1 is 0.474 bits per heavy atom. The summed E-state index contributed by atoms with van der Waals surface area (Å²) in [6, 6.07) is 50.0. The van der Waals surface area contributed by atoms with E-state index in [4.69, 9.17) is 0 Å². The Hall–Kier alpha value is -4.88. The fourth-order valence-electron chi connectivity index (χ4n) is 5.51. The highest BCUT2D eigenvalue weighted by atomic mass is 14.9. The largest absolute Gasteiger partial charge is 0.356 e. The highest BCUT2D eigenvalue weighted by molar-refractivity contribution is 6.01. The molecule has 0 aliphatic heterocycles. The minimum atomic E-state index is 0.918. The van der Waals surface area contributed by atoms with E-state index in [9.17, 15) is 0 Å². The molecule has 0 bridgehead atoms. The summed E-state index contributed by atoms with van der Waals surface area (Å²) in [5.41, 5.74) is 12.5. The highest BCUT2D eigenvalue weighted by Crippen LogP contribution is 2.43. The number of allylic oxidation sites excluding steroid dienone is 1. The van der Waals surface area contributed by atoms with Gasteiger partial charge in [0, 0.05) is 11.4 Å². The summed E-state index contributed by atoms with van der Waals surface area (Å²) in [4.78, 5) is 0. The van der Waals surface area contributed by atoms with Gasteiger partial charge in [0.1, 0.15) is 0 Å². The lowest BCUT2D eigenvalue weighted by Gasteiger charge is -2.24. The number of rotatable bonds is 4. The van der Waals surface area contributed by atoms with Gasteiger partial charge in [0.25, 0.3) is 0 Å². The molecule has 38 heavy (non-hydrogen) atoms. The molecular formula is C37H27N. The van der Waals surface area contributed by atoms with Gasteiger partial charge in [0.2, 0.25) is 0 Å². The van der Waals surface area contributed by atoms with Crippen LogP contribution in [0, 0.1) is 0 Å². The van der Waals surface area contributed by atoms with Crippen molar-refractivity contribution in [3.05, 3.63) is 156 Å². The molecule has 1 aliphatic carbocycles. The first-order valence-corrected chi connectivity index (χ1v) is 13.1. The molecule has 1 aliphatic rings. The van der Waals surface area contributed by atoms with E-state index >= 15 is 0 Å². The van der Waals surface area contributed by atoms with E-state index in [0.717, 1.165) is 17.8 Å². The van der Waals surface area contributed by atoms with Crippen LogP contribution < -0.4 is 5.32 Å². The zero-order valence-electron chi connectivity index (χ0n) is 21.1. The lowest BCUT2D eigenvalue weighted by Crippen LogP contribution is -2.04. The molecule has 0 unspecified atom stereocenters. The van der Waals surface area contributed by atoms with Crippen LogP contribution in [0.4, 0.5) is 11.4 Å². The maximum absolute atomic E-state index is 3.64. The Morgan fingerprint density at radius 3 is 1.82 bits per heavy atom. The van der Waals surface area contributed by atoms with Crippen molar-refractivity contribution in [2.75, 3.05) is 5.32 Å². The average Bonchev–Trinajstić information content (AvgIpc) is 2.98. The van der Waals surface area contributed by atoms with Crippen LogP contribution in [0.3, 0.4) is 0 Å². The number of fused-ring (bicyclic) bond motifs is 4. The summed E-state index contributed by atoms with van der Waals surface area (Å²) in [6.07, 6.45) is 3.26. The summed E-state index contributed by atoms with van der Waals surface area (Å²) < 4.78 is 0. The van der Waals surface area contributed by atoms with Crippen molar-refractivity contribution in [2.45, 2.75) is 6.42 Å². The quantitative estimate of drug-likeness (QED) is 0.262. The predicted molar refractivity (Wildman–Crippen MR) is 163 cm³/mol. The number of hydrogen-bond acceptors (Lipinski definition) is 1. The van der Waals surface area contributed by atoms with Gasteiger partial charge in [-0.15, -0.1) is 0 Å². The van der Waals surface area contributed by atoms with Gasteiger partial charge in [0.15, 0.2) is 0 Å². The van der Waals surface area contributed by atoms with Crippen molar-refractivity contribution in [2.24, 2.45) is 0 Å². The molecule has 7 rings (SSSR count). The molecule has 0 saturated heterocycles. The first kappa shape index (κ1) is 22.3. The topological polar surface area (TPSA) is 12.0 Å². The summed E-state index contributed by atoms with van der Waals surface area (Å²) in [5.74, 6) is 0. The van der Waals surface area contributed by atoms with Crippen molar-refractivity contribution in [1.82, 2.24) is 0 Å². The Labute approximate surface area is 223 Å². The molecule has 6 aromatic rings. The molecule has 0 radical (unpaired) electrons. The normalized spacial score (nSPS) is 13.2. The van der Waals surface area contributed by atoms with Crippen LogP contribution in [0.15, 0.2) is 140 Å². The average molecular weight is 486 g/mol. The molecule has 1 nitrogen and oxygen atoms in total. The molecule has 0 saturated carbocycles. The second kappa shape index (κ2) is 9.53. The van der Waals surface area contributed by atoms with Crippen molar-refractivity contribution in [1.29, 1.82) is 0 Å². The number of hydrogen-bond donors (Lipinski definition) is 1. The van der Waals surface area contributed by atoms with Crippen molar-refractivity contribution in [3.8, 4) is 22.3 Å². The van der Waals surface area contributed by atoms with Gasteiger partial charge in [-0.25, -0.2) is 0 Å². The fraction of sp³-hybridized carbons (Fsp3) is 0.0270. The van der Waals surface area contributed by atoms with Crippen LogP contribution in [0.5, 0.6) is 0 Å². The van der Waals surface area contributed by atoms with Crippen LogP contribution in [0.2, 0.25) is 0 Å². The van der Waals surface area contributed by atoms with E-state index in [-0.39, 0.29) is 0 Å².